The molecule has 1 saturated heterocycles. The minimum atomic E-state index is 0.191. The Morgan fingerprint density at radius 1 is 1.78 bits per heavy atom. The Kier molecular flexibility index (Phi) is 2.32. The molecule has 1 aliphatic rings. The quantitative estimate of drug-likeness (QED) is 0.494. The number of hydrogen-bond acceptors (Lipinski definition) is 1. The third-order valence-corrected chi connectivity index (χ3v) is 3.44. The van der Waals surface area contributed by atoms with E-state index in [1.54, 1.807) is 0 Å². The summed E-state index contributed by atoms with van der Waals surface area (Å²) in [6.07, 6.45) is 1.12. The third kappa shape index (κ3) is 1.56. The fourth-order valence-electron chi connectivity index (χ4n) is 0.925. The van der Waals surface area contributed by atoms with Gasteiger partial charge in [-0.15, -0.1) is 0 Å². The maximum absolute atomic E-state index is 10.9. The summed E-state index contributed by atoms with van der Waals surface area (Å²) in [4.78, 5) is 10.9. The molecule has 1 amide bonds. The number of halogens is 1. The highest BCUT2D eigenvalue weighted by Gasteiger charge is 2.25. The minimum Gasteiger partial charge on any atom is -0.355 e. The molecule has 1 fully saturated rings. The van der Waals surface area contributed by atoms with E-state index in [4.69, 9.17) is 0 Å². The molecular weight excluding hydrogens is 229 g/mol. The average Bonchev–Trinajstić information content (AvgIpc) is 1.83. The van der Waals surface area contributed by atoms with E-state index < -0.39 is 0 Å². The minimum absolute atomic E-state index is 0.191. The van der Waals surface area contributed by atoms with Gasteiger partial charge in [-0.3, -0.25) is 4.79 Å². The van der Waals surface area contributed by atoms with Crippen LogP contribution in [0.4, 0.5) is 0 Å². The molecule has 0 bridgehead atoms. The van der Waals surface area contributed by atoms with Gasteiger partial charge in [0.15, 0.2) is 0 Å². The van der Waals surface area contributed by atoms with Gasteiger partial charge in [0.1, 0.15) is 0 Å². The van der Waals surface area contributed by atoms with E-state index >= 15 is 0 Å². The lowest BCUT2D eigenvalue weighted by molar-refractivity contribution is -0.122. The molecular formula is C6H10INO. The zero-order valence-electron chi connectivity index (χ0n) is 5.36. The maximum atomic E-state index is 10.9. The molecule has 0 aromatic rings. The predicted octanol–water partition coefficient (Wildman–Crippen LogP) is 0.946. The molecule has 9 heavy (non-hydrogen) atoms. The fraction of sp³-hybridized carbons (Fsp3) is 0.833. The molecule has 1 heterocycles. The van der Waals surface area contributed by atoms with Crippen molar-refractivity contribution in [3.05, 3.63) is 0 Å². The molecule has 1 rings (SSSR count). The van der Waals surface area contributed by atoms with Crippen LogP contribution in [-0.4, -0.2) is 16.4 Å². The van der Waals surface area contributed by atoms with Crippen molar-refractivity contribution in [3.63, 3.8) is 0 Å². The summed E-state index contributed by atoms with van der Waals surface area (Å²) in [6.45, 7) is 2.98. The van der Waals surface area contributed by atoms with Crippen LogP contribution in [0.2, 0.25) is 0 Å². The van der Waals surface area contributed by atoms with Crippen molar-refractivity contribution in [3.8, 4) is 0 Å². The molecule has 0 aliphatic carbocycles. The van der Waals surface area contributed by atoms with Gasteiger partial charge >= 0.3 is 0 Å². The van der Waals surface area contributed by atoms with Gasteiger partial charge in [0.2, 0.25) is 5.91 Å². The molecule has 1 aliphatic heterocycles. The molecule has 3 heteroatoms. The standard InChI is InChI=1S/C6H10INO/c1-4-2-3-8-6(9)5(4)7/h4-5H,2-3H2,1H3,(H,8,9). The van der Waals surface area contributed by atoms with Gasteiger partial charge in [-0.25, -0.2) is 0 Å². The lowest BCUT2D eigenvalue weighted by Gasteiger charge is -2.23. The second-order valence-corrected chi connectivity index (χ2v) is 3.80. The van der Waals surface area contributed by atoms with Crippen LogP contribution in [0.1, 0.15) is 13.3 Å². The number of rotatable bonds is 0. The van der Waals surface area contributed by atoms with E-state index in [1.807, 2.05) is 0 Å². The first-order valence-electron chi connectivity index (χ1n) is 3.13. The summed E-state index contributed by atoms with van der Waals surface area (Å²) in [5.41, 5.74) is 0. The lowest BCUT2D eigenvalue weighted by atomic mass is 10.0. The Labute approximate surface area is 68.5 Å². The van der Waals surface area contributed by atoms with Crippen molar-refractivity contribution in [1.82, 2.24) is 5.32 Å². The molecule has 0 radical (unpaired) electrons. The van der Waals surface area contributed by atoms with E-state index in [0.29, 0.717) is 5.92 Å². The average molecular weight is 239 g/mol. The van der Waals surface area contributed by atoms with E-state index in [-0.39, 0.29) is 9.83 Å². The molecule has 2 nitrogen and oxygen atoms in total. The van der Waals surface area contributed by atoms with Gasteiger partial charge in [-0.2, -0.15) is 0 Å². The highest BCUT2D eigenvalue weighted by molar-refractivity contribution is 14.1. The van der Waals surface area contributed by atoms with E-state index in [9.17, 15) is 4.79 Å². The van der Waals surface area contributed by atoms with Crippen molar-refractivity contribution in [2.24, 2.45) is 5.92 Å². The number of alkyl halides is 1. The topological polar surface area (TPSA) is 29.1 Å². The SMILES string of the molecule is CC1CCNC(=O)C1I. The van der Waals surface area contributed by atoms with Crippen LogP contribution in [0.3, 0.4) is 0 Å². The van der Waals surface area contributed by atoms with Crippen LogP contribution >= 0.6 is 22.6 Å². The first-order valence-corrected chi connectivity index (χ1v) is 4.38. The molecule has 52 valence electrons. The number of amides is 1. The van der Waals surface area contributed by atoms with Gasteiger partial charge in [0.25, 0.3) is 0 Å². The Balaban J connectivity index is 2.51. The van der Waals surface area contributed by atoms with Crippen LogP contribution in [0.15, 0.2) is 0 Å². The molecule has 2 unspecified atom stereocenters. The van der Waals surface area contributed by atoms with Crippen molar-refractivity contribution in [1.29, 1.82) is 0 Å². The van der Waals surface area contributed by atoms with Gasteiger partial charge in [-0.1, -0.05) is 29.5 Å². The third-order valence-electron chi connectivity index (χ3n) is 1.65. The fourth-order valence-corrected chi connectivity index (χ4v) is 1.51. The van der Waals surface area contributed by atoms with Crippen molar-refractivity contribution in [2.45, 2.75) is 17.3 Å². The first kappa shape index (κ1) is 7.31. The second kappa shape index (κ2) is 2.86. The van der Waals surface area contributed by atoms with Gasteiger partial charge < -0.3 is 5.32 Å². The molecule has 0 spiro atoms. The zero-order chi connectivity index (χ0) is 6.85. The Hall–Kier alpha value is 0.200. The molecule has 0 saturated carbocycles. The lowest BCUT2D eigenvalue weighted by Crippen LogP contribution is -2.41. The summed E-state index contributed by atoms with van der Waals surface area (Å²) in [5, 5.41) is 2.82. The highest BCUT2D eigenvalue weighted by Crippen LogP contribution is 2.19. The summed E-state index contributed by atoms with van der Waals surface area (Å²) in [6, 6.07) is 0. The van der Waals surface area contributed by atoms with Crippen molar-refractivity contribution < 1.29 is 4.79 Å². The van der Waals surface area contributed by atoms with Crippen LogP contribution in [-0.2, 0) is 4.79 Å². The van der Waals surface area contributed by atoms with Crippen LogP contribution in [0.25, 0.3) is 0 Å². The molecule has 0 aromatic carbocycles. The maximum Gasteiger partial charge on any atom is 0.233 e. The monoisotopic (exact) mass is 239 g/mol. The summed E-state index contributed by atoms with van der Waals surface area (Å²) >= 11 is 2.20. The van der Waals surface area contributed by atoms with E-state index in [0.717, 1.165) is 13.0 Å². The normalized spacial score (nSPS) is 36.0. The number of carbonyl (C=O) groups is 1. The van der Waals surface area contributed by atoms with Gasteiger partial charge in [-0.05, 0) is 12.3 Å². The molecule has 1 N–H and O–H groups in total. The predicted molar refractivity (Wildman–Crippen MR) is 44.6 cm³/mol. The van der Waals surface area contributed by atoms with E-state index in [2.05, 4.69) is 34.8 Å². The molecule has 2 atom stereocenters. The van der Waals surface area contributed by atoms with Crippen LogP contribution < -0.4 is 5.32 Å². The van der Waals surface area contributed by atoms with Crippen LogP contribution in [0.5, 0.6) is 0 Å². The summed E-state index contributed by atoms with van der Waals surface area (Å²) in [7, 11) is 0. The smallest absolute Gasteiger partial charge is 0.233 e. The van der Waals surface area contributed by atoms with Gasteiger partial charge in [0.05, 0.1) is 3.92 Å². The largest absolute Gasteiger partial charge is 0.355 e. The Morgan fingerprint density at radius 2 is 2.44 bits per heavy atom. The Bertz CT molecular complexity index is 126. The summed E-state index contributed by atoms with van der Waals surface area (Å²) in [5.74, 6) is 0.758. The van der Waals surface area contributed by atoms with E-state index in [1.165, 1.54) is 0 Å². The van der Waals surface area contributed by atoms with Gasteiger partial charge in [0, 0.05) is 6.54 Å². The first-order chi connectivity index (χ1) is 4.22. The number of hydrogen-bond donors (Lipinski definition) is 1. The van der Waals surface area contributed by atoms with Crippen molar-refractivity contribution >= 4 is 28.5 Å². The summed E-state index contributed by atoms with van der Waals surface area (Å²) < 4.78 is 0.191. The number of carbonyl (C=O) groups excluding carboxylic acids is 1. The number of piperidine rings is 1. The van der Waals surface area contributed by atoms with Crippen molar-refractivity contribution in [2.75, 3.05) is 6.54 Å². The Morgan fingerprint density at radius 3 is 2.89 bits per heavy atom. The number of nitrogens with one attached hydrogen (secondary N) is 1. The highest BCUT2D eigenvalue weighted by atomic mass is 127. The molecule has 0 aromatic heterocycles. The van der Waals surface area contributed by atoms with Crippen LogP contribution in [0, 0.1) is 5.92 Å². The zero-order valence-corrected chi connectivity index (χ0v) is 7.51. The second-order valence-electron chi connectivity index (χ2n) is 2.46.